The van der Waals surface area contributed by atoms with Crippen molar-refractivity contribution in [3.63, 3.8) is 0 Å². The van der Waals surface area contributed by atoms with E-state index in [9.17, 15) is 0 Å². The molecule has 0 amide bonds. The van der Waals surface area contributed by atoms with E-state index in [1.54, 1.807) is 0 Å². The minimum Gasteiger partial charge on any atom is -0.258 e. The maximum absolute atomic E-state index is 3.30. The molecule has 1 fully saturated rings. The predicted molar refractivity (Wildman–Crippen MR) is 53.1 cm³/mol. The molecule has 0 aliphatic heterocycles. The zero-order valence-electron chi connectivity index (χ0n) is 6.73. The fourth-order valence-electron chi connectivity index (χ4n) is 1.79. The van der Waals surface area contributed by atoms with Crippen molar-refractivity contribution in [1.82, 2.24) is 3.53 Å². The molecule has 1 aliphatic rings. The summed E-state index contributed by atoms with van der Waals surface area (Å²) in [5, 5.41) is 0. The molecule has 1 rings (SSSR count). The molecular formula is C8H16IN. The van der Waals surface area contributed by atoms with Crippen molar-refractivity contribution in [1.29, 1.82) is 0 Å². The van der Waals surface area contributed by atoms with Crippen molar-refractivity contribution in [3.8, 4) is 0 Å². The fraction of sp³-hybridized carbons (Fsp3) is 1.00. The van der Waals surface area contributed by atoms with Gasteiger partial charge in [-0.2, -0.15) is 0 Å². The average molecular weight is 253 g/mol. The third-order valence-electron chi connectivity index (χ3n) is 2.61. The van der Waals surface area contributed by atoms with Gasteiger partial charge < -0.3 is 0 Å². The molecule has 0 saturated heterocycles. The minimum atomic E-state index is 0.713. The van der Waals surface area contributed by atoms with Crippen LogP contribution in [0.5, 0.6) is 0 Å². The second-order valence-electron chi connectivity index (χ2n) is 3.58. The monoisotopic (exact) mass is 253 g/mol. The van der Waals surface area contributed by atoms with Crippen LogP contribution in [0.25, 0.3) is 0 Å². The molecule has 60 valence electrons. The number of hydrogen-bond acceptors (Lipinski definition) is 1. The first-order valence-electron chi connectivity index (χ1n) is 4.10. The van der Waals surface area contributed by atoms with Crippen LogP contribution in [0.3, 0.4) is 0 Å². The standard InChI is InChI=1S/C8H16IN/c1-6-3-4-8(5-6)7(2)10-9/h6-8,10H,3-5H2,1-2H3. The first-order chi connectivity index (χ1) is 4.74. The van der Waals surface area contributed by atoms with E-state index in [0.29, 0.717) is 6.04 Å². The van der Waals surface area contributed by atoms with Crippen molar-refractivity contribution in [2.24, 2.45) is 11.8 Å². The summed E-state index contributed by atoms with van der Waals surface area (Å²) in [5.74, 6) is 1.91. The van der Waals surface area contributed by atoms with Crippen LogP contribution in [0.15, 0.2) is 0 Å². The number of hydrogen-bond donors (Lipinski definition) is 1. The van der Waals surface area contributed by atoms with E-state index in [4.69, 9.17) is 0 Å². The van der Waals surface area contributed by atoms with Crippen LogP contribution in [-0.2, 0) is 0 Å². The SMILES string of the molecule is CC1CCC(C(C)NI)C1. The summed E-state index contributed by atoms with van der Waals surface area (Å²) in [6.07, 6.45) is 4.29. The minimum absolute atomic E-state index is 0.713. The van der Waals surface area contributed by atoms with E-state index in [1.807, 2.05) is 0 Å². The first-order valence-corrected chi connectivity index (χ1v) is 5.18. The van der Waals surface area contributed by atoms with Gasteiger partial charge in [0.15, 0.2) is 0 Å². The van der Waals surface area contributed by atoms with Gasteiger partial charge in [-0.3, -0.25) is 3.53 Å². The third kappa shape index (κ3) is 2.09. The van der Waals surface area contributed by atoms with Crippen molar-refractivity contribution in [3.05, 3.63) is 0 Å². The molecule has 0 radical (unpaired) electrons. The Morgan fingerprint density at radius 2 is 2.20 bits per heavy atom. The predicted octanol–water partition coefficient (Wildman–Crippen LogP) is 2.75. The summed E-state index contributed by atoms with van der Waals surface area (Å²) in [6.45, 7) is 4.65. The van der Waals surface area contributed by atoms with Gasteiger partial charge in [0.2, 0.25) is 0 Å². The van der Waals surface area contributed by atoms with Gasteiger partial charge in [0.1, 0.15) is 0 Å². The topological polar surface area (TPSA) is 12.0 Å². The Labute approximate surface area is 77.5 Å². The lowest BCUT2D eigenvalue weighted by Gasteiger charge is -2.16. The maximum Gasteiger partial charge on any atom is 0.0172 e. The lowest BCUT2D eigenvalue weighted by Crippen LogP contribution is -2.24. The Kier molecular flexibility index (Phi) is 3.43. The van der Waals surface area contributed by atoms with Crippen LogP contribution in [0.2, 0.25) is 0 Å². The largest absolute Gasteiger partial charge is 0.258 e. The van der Waals surface area contributed by atoms with Gasteiger partial charge in [-0.05, 0) is 31.6 Å². The summed E-state index contributed by atoms with van der Waals surface area (Å²) in [6, 6.07) is 0.713. The molecule has 0 aromatic rings. The molecule has 1 aliphatic carbocycles. The van der Waals surface area contributed by atoms with E-state index in [2.05, 4.69) is 40.2 Å². The smallest absolute Gasteiger partial charge is 0.0172 e. The van der Waals surface area contributed by atoms with Crippen LogP contribution in [-0.4, -0.2) is 6.04 Å². The summed E-state index contributed by atoms with van der Waals surface area (Å²) >= 11 is 2.26. The van der Waals surface area contributed by atoms with Gasteiger partial charge in [-0.25, -0.2) is 0 Å². The molecule has 2 heteroatoms. The lowest BCUT2D eigenvalue weighted by atomic mass is 9.99. The molecule has 0 aromatic carbocycles. The highest BCUT2D eigenvalue weighted by molar-refractivity contribution is 14.1. The van der Waals surface area contributed by atoms with Crippen molar-refractivity contribution < 1.29 is 0 Å². The van der Waals surface area contributed by atoms with Gasteiger partial charge in [-0.15, -0.1) is 0 Å². The molecular weight excluding hydrogens is 237 g/mol. The van der Waals surface area contributed by atoms with E-state index in [0.717, 1.165) is 11.8 Å². The van der Waals surface area contributed by atoms with Gasteiger partial charge in [0.25, 0.3) is 0 Å². The summed E-state index contributed by atoms with van der Waals surface area (Å²) < 4.78 is 3.30. The average Bonchev–Trinajstić information content (AvgIpc) is 2.34. The van der Waals surface area contributed by atoms with Crippen LogP contribution in [0.1, 0.15) is 33.1 Å². The molecule has 0 heterocycles. The molecule has 1 nitrogen and oxygen atoms in total. The molecule has 0 aromatic heterocycles. The molecule has 0 spiro atoms. The van der Waals surface area contributed by atoms with Gasteiger partial charge in [0, 0.05) is 28.9 Å². The Hall–Kier alpha value is 0.690. The zero-order chi connectivity index (χ0) is 7.56. The van der Waals surface area contributed by atoms with Crippen LogP contribution in [0, 0.1) is 11.8 Å². The highest BCUT2D eigenvalue weighted by Crippen LogP contribution is 2.32. The molecule has 1 N–H and O–H groups in total. The first kappa shape index (κ1) is 8.78. The quantitative estimate of drug-likeness (QED) is 0.589. The summed E-state index contributed by atoms with van der Waals surface area (Å²) in [4.78, 5) is 0. The maximum atomic E-state index is 3.30. The molecule has 0 bridgehead atoms. The second kappa shape index (κ2) is 3.90. The van der Waals surface area contributed by atoms with Crippen LogP contribution in [0.4, 0.5) is 0 Å². The highest BCUT2D eigenvalue weighted by atomic mass is 127. The summed E-state index contributed by atoms with van der Waals surface area (Å²) in [7, 11) is 0. The van der Waals surface area contributed by atoms with Crippen LogP contribution >= 0.6 is 22.9 Å². The molecule has 1 saturated carbocycles. The van der Waals surface area contributed by atoms with Gasteiger partial charge in [0.05, 0.1) is 0 Å². The Balaban J connectivity index is 2.29. The Morgan fingerprint density at radius 1 is 1.50 bits per heavy atom. The number of nitrogens with one attached hydrogen (secondary N) is 1. The van der Waals surface area contributed by atoms with E-state index in [1.165, 1.54) is 19.3 Å². The zero-order valence-corrected chi connectivity index (χ0v) is 8.89. The Bertz CT molecular complexity index is 105. The van der Waals surface area contributed by atoms with Crippen molar-refractivity contribution >= 4 is 22.9 Å². The molecule has 10 heavy (non-hydrogen) atoms. The lowest BCUT2D eigenvalue weighted by molar-refractivity contribution is 0.429. The normalized spacial score (nSPS) is 36.3. The van der Waals surface area contributed by atoms with E-state index >= 15 is 0 Å². The van der Waals surface area contributed by atoms with E-state index < -0.39 is 0 Å². The summed E-state index contributed by atoms with van der Waals surface area (Å²) in [5.41, 5.74) is 0. The molecule has 3 unspecified atom stereocenters. The number of halogens is 1. The molecule has 3 atom stereocenters. The van der Waals surface area contributed by atoms with E-state index in [-0.39, 0.29) is 0 Å². The van der Waals surface area contributed by atoms with Crippen LogP contribution < -0.4 is 3.53 Å². The highest BCUT2D eigenvalue weighted by Gasteiger charge is 2.25. The van der Waals surface area contributed by atoms with Crippen molar-refractivity contribution in [2.45, 2.75) is 39.2 Å². The Morgan fingerprint density at radius 3 is 2.60 bits per heavy atom. The van der Waals surface area contributed by atoms with Gasteiger partial charge in [-0.1, -0.05) is 13.3 Å². The van der Waals surface area contributed by atoms with Crippen molar-refractivity contribution in [2.75, 3.05) is 0 Å². The second-order valence-corrected chi connectivity index (χ2v) is 4.20. The fourth-order valence-corrected chi connectivity index (χ4v) is 2.30. The van der Waals surface area contributed by atoms with Gasteiger partial charge >= 0.3 is 0 Å². The number of rotatable bonds is 2. The third-order valence-corrected chi connectivity index (χ3v) is 3.60.